The summed E-state index contributed by atoms with van der Waals surface area (Å²) in [5.74, 6) is 0.241. The summed E-state index contributed by atoms with van der Waals surface area (Å²) in [6.45, 7) is 3.74. The van der Waals surface area contributed by atoms with Crippen molar-refractivity contribution in [3.8, 4) is 0 Å². The highest BCUT2D eigenvalue weighted by atomic mass is 32.2. The zero-order valence-corrected chi connectivity index (χ0v) is 12.7. The van der Waals surface area contributed by atoms with Crippen LogP contribution in [-0.4, -0.2) is 49.7 Å². The first-order valence-corrected chi connectivity index (χ1v) is 8.18. The number of nitrogens with zero attached hydrogens (tertiary/aromatic N) is 2. The van der Waals surface area contributed by atoms with Crippen LogP contribution in [-0.2, 0) is 21.3 Å². The predicted octanol–water partition coefficient (Wildman–Crippen LogP) is 0.224. The molecule has 7 nitrogen and oxygen atoms in total. The number of ether oxygens (including phenoxy) is 1. The molecule has 0 radical (unpaired) electrons. The molecule has 20 heavy (non-hydrogen) atoms. The van der Waals surface area contributed by atoms with Crippen molar-refractivity contribution < 1.29 is 13.2 Å². The molecule has 0 aliphatic carbocycles. The Kier molecular flexibility index (Phi) is 4.79. The van der Waals surface area contributed by atoms with E-state index in [9.17, 15) is 8.42 Å². The fourth-order valence-electron chi connectivity index (χ4n) is 2.44. The van der Waals surface area contributed by atoms with Crippen LogP contribution < -0.4 is 5.73 Å². The predicted molar refractivity (Wildman–Crippen MR) is 74.6 cm³/mol. The van der Waals surface area contributed by atoms with Crippen molar-refractivity contribution in [2.75, 3.05) is 26.8 Å². The zero-order valence-electron chi connectivity index (χ0n) is 11.9. The summed E-state index contributed by atoms with van der Waals surface area (Å²) in [5.41, 5.74) is 6.86. The number of hydrogen-bond acceptors (Lipinski definition) is 5. The number of aromatic amines is 1. The Morgan fingerprint density at radius 1 is 1.55 bits per heavy atom. The molecule has 1 saturated heterocycles. The van der Waals surface area contributed by atoms with Crippen molar-refractivity contribution in [1.82, 2.24) is 14.5 Å². The molecule has 2 rings (SSSR count). The van der Waals surface area contributed by atoms with Gasteiger partial charge >= 0.3 is 0 Å². The molecule has 1 unspecified atom stereocenters. The van der Waals surface area contributed by atoms with Gasteiger partial charge in [0.15, 0.2) is 5.03 Å². The first-order valence-electron chi connectivity index (χ1n) is 6.74. The van der Waals surface area contributed by atoms with Crippen LogP contribution in [0.3, 0.4) is 0 Å². The molecule has 1 aromatic heterocycles. The average molecular weight is 302 g/mol. The number of aryl methyl sites for hydroxylation is 1. The Hall–Kier alpha value is -0.960. The number of nitrogens with one attached hydrogen (secondary N) is 1. The second-order valence-corrected chi connectivity index (χ2v) is 7.17. The van der Waals surface area contributed by atoms with Crippen molar-refractivity contribution in [1.29, 1.82) is 0 Å². The third kappa shape index (κ3) is 3.03. The number of sulfonamides is 1. The lowest BCUT2D eigenvalue weighted by molar-refractivity contribution is 0.0495. The van der Waals surface area contributed by atoms with E-state index >= 15 is 0 Å². The SMILES string of the molecule is Cc1[nH]nc(S(=O)(=O)N(C)CC2CCCOC2)c1CN. The van der Waals surface area contributed by atoms with Crippen molar-refractivity contribution in [3.05, 3.63) is 11.3 Å². The van der Waals surface area contributed by atoms with E-state index in [0.29, 0.717) is 24.4 Å². The summed E-state index contributed by atoms with van der Waals surface area (Å²) < 4.78 is 31.8. The van der Waals surface area contributed by atoms with Gasteiger partial charge in [-0.1, -0.05) is 0 Å². The second-order valence-electron chi connectivity index (χ2n) is 5.21. The lowest BCUT2D eigenvalue weighted by Crippen LogP contribution is -2.35. The van der Waals surface area contributed by atoms with Gasteiger partial charge in [-0.3, -0.25) is 5.10 Å². The molecule has 0 spiro atoms. The Morgan fingerprint density at radius 2 is 2.30 bits per heavy atom. The van der Waals surface area contributed by atoms with Crippen LogP contribution in [0.5, 0.6) is 0 Å². The van der Waals surface area contributed by atoms with E-state index in [1.165, 1.54) is 4.31 Å². The highest BCUT2D eigenvalue weighted by Crippen LogP contribution is 2.22. The normalized spacial score (nSPS) is 20.5. The van der Waals surface area contributed by atoms with Gasteiger partial charge in [0, 0.05) is 38.0 Å². The van der Waals surface area contributed by atoms with Crippen molar-refractivity contribution in [2.45, 2.75) is 31.3 Å². The zero-order chi connectivity index (χ0) is 14.8. The molecular weight excluding hydrogens is 280 g/mol. The maximum atomic E-state index is 12.5. The molecule has 2 heterocycles. The summed E-state index contributed by atoms with van der Waals surface area (Å²) in [6.07, 6.45) is 1.97. The fraction of sp³-hybridized carbons (Fsp3) is 0.750. The monoisotopic (exact) mass is 302 g/mol. The lowest BCUT2D eigenvalue weighted by atomic mass is 10.0. The minimum absolute atomic E-state index is 0.0386. The van der Waals surface area contributed by atoms with E-state index in [0.717, 1.165) is 19.4 Å². The van der Waals surface area contributed by atoms with Crippen molar-refractivity contribution >= 4 is 10.0 Å². The largest absolute Gasteiger partial charge is 0.381 e. The van der Waals surface area contributed by atoms with Crippen LogP contribution in [0, 0.1) is 12.8 Å². The summed E-state index contributed by atoms with van der Waals surface area (Å²) in [6, 6.07) is 0. The van der Waals surface area contributed by atoms with E-state index in [2.05, 4.69) is 10.2 Å². The first-order chi connectivity index (χ1) is 9.46. The van der Waals surface area contributed by atoms with E-state index in [-0.39, 0.29) is 17.5 Å². The van der Waals surface area contributed by atoms with Crippen molar-refractivity contribution in [3.63, 3.8) is 0 Å². The summed E-state index contributed by atoms with van der Waals surface area (Å²) in [7, 11) is -2.03. The molecule has 1 atom stereocenters. The number of rotatable bonds is 5. The van der Waals surface area contributed by atoms with Gasteiger partial charge in [0.2, 0.25) is 0 Å². The first kappa shape index (κ1) is 15.4. The molecule has 0 amide bonds. The number of nitrogens with two attached hydrogens (primary N) is 1. The van der Waals surface area contributed by atoms with Crippen LogP contribution in [0.25, 0.3) is 0 Å². The summed E-state index contributed by atoms with van der Waals surface area (Å²) in [4.78, 5) is 0. The van der Waals surface area contributed by atoms with Crippen LogP contribution >= 0.6 is 0 Å². The van der Waals surface area contributed by atoms with E-state index in [4.69, 9.17) is 10.5 Å². The van der Waals surface area contributed by atoms with Crippen LogP contribution in [0.1, 0.15) is 24.1 Å². The summed E-state index contributed by atoms with van der Waals surface area (Å²) >= 11 is 0. The Bertz CT molecular complexity index is 549. The third-order valence-electron chi connectivity index (χ3n) is 3.66. The van der Waals surface area contributed by atoms with Crippen molar-refractivity contribution in [2.24, 2.45) is 11.7 Å². The van der Waals surface area contributed by atoms with Gasteiger partial charge in [0.1, 0.15) is 0 Å². The standard InChI is InChI=1S/C12H22N4O3S/c1-9-11(6-13)12(15-14-9)20(17,18)16(2)7-10-4-3-5-19-8-10/h10H,3-8,13H2,1-2H3,(H,14,15). The van der Waals surface area contributed by atoms with E-state index in [1.54, 1.807) is 14.0 Å². The highest BCUT2D eigenvalue weighted by Gasteiger charge is 2.29. The Balaban J connectivity index is 2.16. The fourth-order valence-corrected chi connectivity index (χ4v) is 3.86. The van der Waals surface area contributed by atoms with Crippen LogP contribution in [0.4, 0.5) is 0 Å². The molecular formula is C12H22N4O3S. The minimum Gasteiger partial charge on any atom is -0.381 e. The van der Waals surface area contributed by atoms with Gasteiger partial charge in [0.05, 0.1) is 6.61 Å². The maximum absolute atomic E-state index is 12.5. The molecule has 1 aliphatic heterocycles. The van der Waals surface area contributed by atoms with Gasteiger partial charge in [-0.15, -0.1) is 0 Å². The molecule has 0 aromatic carbocycles. The van der Waals surface area contributed by atoms with Gasteiger partial charge in [-0.25, -0.2) is 8.42 Å². The summed E-state index contributed by atoms with van der Waals surface area (Å²) in [5, 5.41) is 6.64. The van der Waals surface area contributed by atoms with E-state index < -0.39 is 10.0 Å². The maximum Gasteiger partial charge on any atom is 0.262 e. The van der Waals surface area contributed by atoms with Gasteiger partial charge < -0.3 is 10.5 Å². The second kappa shape index (κ2) is 6.21. The Morgan fingerprint density at radius 3 is 2.90 bits per heavy atom. The molecule has 1 fully saturated rings. The molecule has 8 heteroatoms. The van der Waals surface area contributed by atoms with E-state index in [1.807, 2.05) is 0 Å². The molecule has 1 aromatic rings. The average Bonchev–Trinajstić information content (AvgIpc) is 2.81. The number of H-pyrrole nitrogens is 1. The molecule has 0 saturated carbocycles. The molecule has 0 bridgehead atoms. The number of aromatic nitrogens is 2. The number of hydrogen-bond donors (Lipinski definition) is 2. The Labute approximate surface area is 119 Å². The van der Waals surface area contributed by atoms with Gasteiger partial charge in [-0.05, 0) is 25.7 Å². The third-order valence-corrected chi connectivity index (χ3v) is 5.46. The van der Waals surface area contributed by atoms with Gasteiger partial charge in [0.25, 0.3) is 10.0 Å². The van der Waals surface area contributed by atoms with Crippen LogP contribution in [0.15, 0.2) is 5.03 Å². The lowest BCUT2D eigenvalue weighted by Gasteiger charge is -2.26. The molecule has 3 N–H and O–H groups in total. The molecule has 114 valence electrons. The minimum atomic E-state index is -3.60. The smallest absolute Gasteiger partial charge is 0.262 e. The molecule has 1 aliphatic rings. The highest BCUT2D eigenvalue weighted by molar-refractivity contribution is 7.89. The van der Waals surface area contributed by atoms with Gasteiger partial charge in [-0.2, -0.15) is 9.40 Å². The van der Waals surface area contributed by atoms with Crippen LogP contribution in [0.2, 0.25) is 0 Å². The quantitative estimate of drug-likeness (QED) is 0.810. The topological polar surface area (TPSA) is 101 Å².